The topological polar surface area (TPSA) is 51.0 Å². The fourth-order valence-electron chi connectivity index (χ4n) is 1.27. The van der Waals surface area contributed by atoms with E-state index in [2.05, 4.69) is 27.8 Å². The molecule has 2 aromatic heterocycles. The molecule has 2 aromatic rings. The summed E-state index contributed by atoms with van der Waals surface area (Å²) in [4.78, 5) is 4.42. The molecule has 2 rings (SSSR count). The summed E-state index contributed by atoms with van der Waals surface area (Å²) in [5.41, 5.74) is 2.00. The highest BCUT2D eigenvalue weighted by atomic mass is 32.1. The van der Waals surface area contributed by atoms with Crippen LogP contribution in [-0.2, 0) is 6.54 Å². The van der Waals surface area contributed by atoms with Gasteiger partial charge in [0.25, 0.3) is 0 Å². The first-order chi connectivity index (χ1) is 7.25. The Morgan fingerprint density at radius 3 is 3.07 bits per heavy atom. The number of hydrogen-bond donors (Lipinski definition) is 1. The van der Waals surface area contributed by atoms with Crippen molar-refractivity contribution < 1.29 is 4.52 Å². The predicted octanol–water partition coefficient (Wildman–Crippen LogP) is 2.29. The summed E-state index contributed by atoms with van der Waals surface area (Å²) in [6.07, 6.45) is 1.58. The minimum atomic E-state index is 0.242. The van der Waals surface area contributed by atoms with Crippen LogP contribution in [0.1, 0.15) is 29.4 Å². The van der Waals surface area contributed by atoms with Crippen LogP contribution in [0.15, 0.2) is 22.2 Å². The quantitative estimate of drug-likeness (QED) is 0.864. The molecule has 0 saturated carbocycles. The SMILES string of the molecule is Cc1nc(C(C)NCc2ccon2)cs1. The third-order valence-corrected chi connectivity index (χ3v) is 2.95. The zero-order chi connectivity index (χ0) is 10.7. The van der Waals surface area contributed by atoms with Crippen molar-refractivity contribution in [1.82, 2.24) is 15.5 Å². The molecule has 1 atom stereocenters. The van der Waals surface area contributed by atoms with E-state index in [1.807, 2.05) is 13.0 Å². The lowest BCUT2D eigenvalue weighted by Crippen LogP contribution is -2.18. The van der Waals surface area contributed by atoms with E-state index in [1.54, 1.807) is 17.6 Å². The summed E-state index contributed by atoms with van der Waals surface area (Å²) in [7, 11) is 0. The Balaban J connectivity index is 1.90. The van der Waals surface area contributed by atoms with Gasteiger partial charge in [0, 0.05) is 24.0 Å². The Bertz CT molecular complexity index is 410. The van der Waals surface area contributed by atoms with Crippen molar-refractivity contribution in [2.24, 2.45) is 0 Å². The maximum atomic E-state index is 4.75. The van der Waals surface area contributed by atoms with Gasteiger partial charge in [0.1, 0.15) is 6.26 Å². The Kier molecular flexibility index (Phi) is 3.13. The molecule has 0 aliphatic carbocycles. The van der Waals surface area contributed by atoms with Crippen LogP contribution in [0.3, 0.4) is 0 Å². The van der Waals surface area contributed by atoms with E-state index in [1.165, 1.54) is 0 Å². The molecule has 4 nitrogen and oxygen atoms in total. The van der Waals surface area contributed by atoms with Crippen molar-refractivity contribution in [3.63, 3.8) is 0 Å². The van der Waals surface area contributed by atoms with Gasteiger partial charge in [-0.3, -0.25) is 0 Å². The van der Waals surface area contributed by atoms with Gasteiger partial charge in [-0.05, 0) is 13.8 Å². The highest BCUT2D eigenvalue weighted by molar-refractivity contribution is 7.09. The van der Waals surface area contributed by atoms with Crippen LogP contribution in [0.25, 0.3) is 0 Å². The van der Waals surface area contributed by atoms with Crippen molar-refractivity contribution in [2.45, 2.75) is 26.4 Å². The number of nitrogens with zero attached hydrogens (tertiary/aromatic N) is 2. The van der Waals surface area contributed by atoms with Crippen LogP contribution in [-0.4, -0.2) is 10.1 Å². The van der Waals surface area contributed by atoms with Gasteiger partial charge in [0.15, 0.2) is 0 Å². The van der Waals surface area contributed by atoms with Crippen molar-refractivity contribution in [1.29, 1.82) is 0 Å². The summed E-state index contributed by atoms with van der Waals surface area (Å²) < 4.78 is 4.75. The van der Waals surface area contributed by atoms with E-state index in [0.29, 0.717) is 6.54 Å². The van der Waals surface area contributed by atoms with Crippen LogP contribution < -0.4 is 5.32 Å². The second-order valence-electron chi connectivity index (χ2n) is 3.38. The molecule has 1 unspecified atom stereocenters. The Morgan fingerprint density at radius 1 is 1.60 bits per heavy atom. The first kappa shape index (κ1) is 10.3. The molecule has 0 bridgehead atoms. The zero-order valence-corrected chi connectivity index (χ0v) is 9.54. The molecule has 1 N–H and O–H groups in total. The molecule has 5 heteroatoms. The monoisotopic (exact) mass is 223 g/mol. The third kappa shape index (κ3) is 2.64. The van der Waals surface area contributed by atoms with Gasteiger partial charge in [0.2, 0.25) is 0 Å². The number of thiazole rings is 1. The van der Waals surface area contributed by atoms with Crippen LogP contribution in [0.5, 0.6) is 0 Å². The van der Waals surface area contributed by atoms with Gasteiger partial charge < -0.3 is 9.84 Å². The highest BCUT2D eigenvalue weighted by Gasteiger charge is 2.08. The molecular weight excluding hydrogens is 210 g/mol. The average Bonchev–Trinajstić information content (AvgIpc) is 2.84. The van der Waals surface area contributed by atoms with Crippen LogP contribution in [0, 0.1) is 6.92 Å². The lowest BCUT2D eigenvalue weighted by atomic mass is 10.2. The average molecular weight is 223 g/mol. The number of nitrogens with one attached hydrogen (secondary N) is 1. The Hall–Kier alpha value is -1.20. The second kappa shape index (κ2) is 4.55. The number of aromatic nitrogens is 2. The van der Waals surface area contributed by atoms with Crippen molar-refractivity contribution in [3.05, 3.63) is 34.1 Å². The lowest BCUT2D eigenvalue weighted by Gasteiger charge is -2.09. The molecule has 0 aliphatic rings. The minimum absolute atomic E-state index is 0.242. The summed E-state index contributed by atoms with van der Waals surface area (Å²) >= 11 is 1.67. The largest absolute Gasteiger partial charge is 0.364 e. The molecule has 0 radical (unpaired) electrons. The maximum Gasteiger partial charge on any atom is 0.124 e. The molecule has 2 heterocycles. The van der Waals surface area contributed by atoms with Crippen molar-refractivity contribution in [3.8, 4) is 0 Å². The molecule has 80 valence electrons. The van der Waals surface area contributed by atoms with Gasteiger partial charge in [-0.1, -0.05) is 5.16 Å². The van der Waals surface area contributed by atoms with Crippen LogP contribution in [0.2, 0.25) is 0 Å². The number of aryl methyl sites for hydroxylation is 1. The molecule has 0 aliphatic heterocycles. The Morgan fingerprint density at radius 2 is 2.47 bits per heavy atom. The molecule has 15 heavy (non-hydrogen) atoms. The molecule has 0 aromatic carbocycles. The van der Waals surface area contributed by atoms with E-state index in [-0.39, 0.29) is 6.04 Å². The van der Waals surface area contributed by atoms with E-state index < -0.39 is 0 Å². The summed E-state index contributed by atoms with van der Waals surface area (Å²) in [6, 6.07) is 2.10. The van der Waals surface area contributed by atoms with E-state index in [4.69, 9.17) is 4.52 Å². The van der Waals surface area contributed by atoms with Crippen LogP contribution >= 0.6 is 11.3 Å². The lowest BCUT2D eigenvalue weighted by molar-refractivity contribution is 0.405. The van der Waals surface area contributed by atoms with E-state index in [0.717, 1.165) is 16.4 Å². The van der Waals surface area contributed by atoms with Gasteiger partial charge in [-0.15, -0.1) is 11.3 Å². The number of rotatable bonds is 4. The summed E-state index contributed by atoms with van der Waals surface area (Å²) in [5, 5.41) is 10.3. The predicted molar refractivity (Wildman–Crippen MR) is 58.6 cm³/mol. The van der Waals surface area contributed by atoms with E-state index in [9.17, 15) is 0 Å². The standard InChI is InChI=1S/C10H13N3OS/c1-7(10-6-15-8(2)12-10)11-5-9-3-4-14-13-9/h3-4,6-7,11H,5H2,1-2H3. The van der Waals surface area contributed by atoms with Gasteiger partial charge in [-0.2, -0.15) is 0 Å². The van der Waals surface area contributed by atoms with Gasteiger partial charge in [-0.25, -0.2) is 4.98 Å². The molecule has 0 amide bonds. The normalized spacial score (nSPS) is 12.9. The maximum absolute atomic E-state index is 4.75. The summed E-state index contributed by atoms with van der Waals surface area (Å²) in [5.74, 6) is 0. The highest BCUT2D eigenvalue weighted by Crippen LogP contribution is 2.15. The molecule has 0 fully saturated rings. The Labute approximate surface area is 92.3 Å². The fourth-order valence-corrected chi connectivity index (χ4v) is 1.98. The molecular formula is C10H13N3OS. The van der Waals surface area contributed by atoms with Crippen LogP contribution in [0.4, 0.5) is 0 Å². The second-order valence-corrected chi connectivity index (χ2v) is 4.45. The first-order valence-corrected chi connectivity index (χ1v) is 5.68. The smallest absolute Gasteiger partial charge is 0.124 e. The van der Waals surface area contributed by atoms with E-state index >= 15 is 0 Å². The van der Waals surface area contributed by atoms with Crippen molar-refractivity contribution >= 4 is 11.3 Å². The molecule has 0 spiro atoms. The zero-order valence-electron chi connectivity index (χ0n) is 8.73. The fraction of sp³-hybridized carbons (Fsp3) is 0.400. The number of hydrogen-bond acceptors (Lipinski definition) is 5. The van der Waals surface area contributed by atoms with Crippen molar-refractivity contribution in [2.75, 3.05) is 0 Å². The first-order valence-electron chi connectivity index (χ1n) is 4.80. The van der Waals surface area contributed by atoms with Gasteiger partial charge in [0.05, 0.1) is 16.4 Å². The minimum Gasteiger partial charge on any atom is -0.364 e. The summed E-state index contributed by atoms with van der Waals surface area (Å²) in [6.45, 7) is 4.81. The molecule has 0 saturated heterocycles. The van der Waals surface area contributed by atoms with Gasteiger partial charge >= 0.3 is 0 Å². The third-order valence-electron chi connectivity index (χ3n) is 2.16.